The summed E-state index contributed by atoms with van der Waals surface area (Å²) in [5, 5.41) is 0. The second-order valence-corrected chi connectivity index (χ2v) is 17.4. The lowest BCUT2D eigenvalue weighted by Crippen LogP contribution is -2.36. The molecule has 0 aromatic heterocycles. The van der Waals surface area contributed by atoms with E-state index in [1.54, 1.807) is 12.1 Å². The van der Waals surface area contributed by atoms with E-state index in [1.165, 1.54) is 83.1 Å². The average Bonchev–Trinajstić information content (AvgIpc) is 2.49. The Hall–Kier alpha value is 0.651. The SMILES string of the molecule is CCCCCC[Si]([Si])[Si](CCCCCC)CCCCCC. The molecule has 0 nitrogen and oxygen atoms in total. The molecular weight excluding hydrogens is 300 g/mol. The van der Waals surface area contributed by atoms with Crippen molar-refractivity contribution < 1.29 is 0 Å². The third kappa shape index (κ3) is 14.0. The Labute approximate surface area is 142 Å². The van der Waals surface area contributed by atoms with E-state index < -0.39 is 0 Å². The van der Waals surface area contributed by atoms with Gasteiger partial charge in [-0.05, 0) is 0 Å². The lowest BCUT2D eigenvalue weighted by Gasteiger charge is -2.21. The Morgan fingerprint density at radius 1 is 0.524 bits per heavy atom. The zero-order valence-corrected chi connectivity index (χ0v) is 18.1. The van der Waals surface area contributed by atoms with Gasteiger partial charge in [0.15, 0.2) is 0 Å². The molecule has 0 aromatic rings. The highest BCUT2D eigenvalue weighted by Gasteiger charge is 2.19. The van der Waals surface area contributed by atoms with Gasteiger partial charge in [-0.15, -0.1) is 0 Å². The van der Waals surface area contributed by atoms with Crippen molar-refractivity contribution in [1.82, 2.24) is 0 Å². The number of rotatable bonds is 16. The van der Waals surface area contributed by atoms with Gasteiger partial charge in [-0.1, -0.05) is 116 Å². The van der Waals surface area contributed by atoms with Crippen LogP contribution in [-0.4, -0.2) is 25.9 Å². The minimum atomic E-state index is -0.175. The van der Waals surface area contributed by atoms with Gasteiger partial charge >= 0.3 is 0 Å². The Kier molecular flexibility index (Phi) is 17.5. The summed E-state index contributed by atoms with van der Waals surface area (Å²) in [5.74, 6) is 0. The minimum Gasteiger partial charge on any atom is -0.0654 e. The zero-order valence-electron chi connectivity index (χ0n) is 15.1. The molecule has 0 bridgehead atoms. The van der Waals surface area contributed by atoms with Gasteiger partial charge in [0.05, 0.1) is 0 Å². The molecule has 0 aliphatic carbocycles. The third-order valence-corrected chi connectivity index (χ3v) is 16.7. The molecule has 0 rings (SSSR count). The molecule has 0 saturated carbocycles. The van der Waals surface area contributed by atoms with Gasteiger partial charge in [-0.3, -0.25) is 0 Å². The van der Waals surface area contributed by atoms with Crippen LogP contribution in [0.15, 0.2) is 0 Å². The molecule has 0 spiro atoms. The first-order chi connectivity index (χ1) is 10.3. The maximum absolute atomic E-state index is 4.24. The van der Waals surface area contributed by atoms with Crippen molar-refractivity contribution in [1.29, 1.82) is 0 Å². The molecule has 0 saturated heterocycles. The van der Waals surface area contributed by atoms with Crippen LogP contribution < -0.4 is 0 Å². The van der Waals surface area contributed by atoms with Gasteiger partial charge < -0.3 is 0 Å². The number of hydrogen-bond acceptors (Lipinski definition) is 0. The van der Waals surface area contributed by atoms with E-state index in [-0.39, 0.29) is 16.1 Å². The maximum atomic E-state index is 4.24. The number of hydrogen-bond donors (Lipinski definition) is 0. The molecule has 123 valence electrons. The van der Waals surface area contributed by atoms with E-state index in [1.807, 2.05) is 0 Å². The van der Waals surface area contributed by atoms with Crippen LogP contribution in [0.3, 0.4) is 0 Å². The van der Waals surface area contributed by atoms with Crippen molar-refractivity contribution in [2.24, 2.45) is 0 Å². The fourth-order valence-corrected chi connectivity index (χ4v) is 13.3. The van der Waals surface area contributed by atoms with Crippen LogP contribution in [0.5, 0.6) is 0 Å². The predicted molar refractivity (Wildman–Crippen MR) is 104 cm³/mol. The van der Waals surface area contributed by atoms with Gasteiger partial charge in [0.1, 0.15) is 0 Å². The summed E-state index contributed by atoms with van der Waals surface area (Å²) >= 11 is 0. The van der Waals surface area contributed by atoms with Crippen LogP contribution in [0, 0.1) is 0 Å². The second-order valence-electron chi connectivity index (χ2n) is 6.51. The Bertz CT molecular complexity index is 185. The van der Waals surface area contributed by atoms with Gasteiger partial charge in [0.25, 0.3) is 0 Å². The van der Waals surface area contributed by atoms with Crippen molar-refractivity contribution in [2.45, 2.75) is 116 Å². The summed E-state index contributed by atoms with van der Waals surface area (Å²) < 4.78 is 0. The predicted octanol–water partition coefficient (Wildman–Crippen LogP) is 6.46. The van der Waals surface area contributed by atoms with Crippen molar-refractivity contribution in [3.05, 3.63) is 0 Å². The third-order valence-electron chi connectivity index (χ3n) is 4.37. The van der Waals surface area contributed by atoms with Gasteiger partial charge in [0, 0.05) is 25.9 Å². The molecule has 0 N–H and O–H groups in total. The Balaban J connectivity index is 3.95. The van der Waals surface area contributed by atoms with Crippen LogP contribution in [-0.2, 0) is 0 Å². The van der Waals surface area contributed by atoms with Crippen molar-refractivity contribution in [2.75, 3.05) is 0 Å². The van der Waals surface area contributed by atoms with E-state index in [9.17, 15) is 0 Å². The largest absolute Gasteiger partial charge is 0.0654 e. The number of unbranched alkanes of at least 4 members (excludes halogenated alkanes) is 9. The molecule has 0 amide bonds. The van der Waals surface area contributed by atoms with Crippen LogP contribution >= 0.6 is 0 Å². The lowest BCUT2D eigenvalue weighted by atomic mass is 10.2. The smallest absolute Gasteiger partial charge is 0.0339 e. The molecule has 0 atom stereocenters. The highest BCUT2D eigenvalue weighted by atomic mass is 29.6. The van der Waals surface area contributed by atoms with E-state index in [0.717, 1.165) is 0 Å². The fourth-order valence-electron chi connectivity index (χ4n) is 2.86. The molecule has 0 fully saturated rings. The zero-order chi connectivity index (χ0) is 15.8. The summed E-state index contributed by atoms with van der Waals surface area (Å²) in [4.78, 5) is 0. The van der Waals surface area contributed by atoms with Crippen LogP contribution in [0.1, 0.15) is 97.8 Å². The fraction of sp³-hybridized carbons (Fsp3) is 1.00. The van der Waals surface area contributed by atoms with E-state index in [2.05, 4.69) is 30.5 Å². The normalized spacial score (nSPS) is 11.7. The van der Waals surface area contributed by atoms with Crippen molar-refractivity contribution in [3.63, 3.8) is 0 Å². The molecule has 0 aliphatic heterocycles. The molecule has 0 aromatic carbocycles. The van der Waals surface area contributed by atoms with E-state index in [4.69, 9.17) is 0 Å². The monoisotopic (exact) mass is 339 g/mol. The van der Waals surface area contributed by atoms with Crippen molar-refractivity contribution >= 4 is 25.9 Å². The van der Waals surface area contributed by atoms with Gasteiger partial charge in [-0.2, -0.15) is 0 Å². The quantitative estimate of drug-likeness (QED) is 0.223. The first kappa shape index (κ1) is 21.7. The highest BCUT2D eigenvalue weighted by Crippen LogP contribution is 2.18. The molecule has 3 heteroatoms. The molecule has 0 aliphatic rings. The summed E-state index contributed by atoms with van der Waals surface area (Å²) in [7, 11) is 4.01. The Morgan fingerprint density at radius 2 is 0.905 bits per heavy atom. The summed E-state index contributed by atoms with van der Waals surface area (Å²) in [5.41, 5.74) is 0. The minimum absolute atomic E-state index is 0.0549. The molecule has 5 radical (unpaired) electrons. The van der Waals surface area contributed by atoms with Crippen LogP contribution in [0.25, 0.3) is 0 Å². The van der Waals surface area contributed by atoms with Crippen molar-refractivity contribution in [3.8, 4) is 0 Å². The van der Waals surface area contributed by atoms with E-state index >= 15 is 0 Å². The summed E-state index contributed by atoms with van der Waals surface area (Å²) in [6.07, 6.45) is 17.4. The highest BCUT2D eigenvalue weighted by molar-refractivity contribution is 7.41. The first-order valence-electron chi connectivity index (χ1n) is 9.68. The average molecular weight is 340 g/mol. The van der Waals surface area contributed by atoms with Gasteiger partial charge in [-0.25, -0.2) is 0 Å². The van der Waals surface area contributed by atoms with Crippen LogP contribution in [0.4, 0.5) is 0 Å². The lowest BCUT2D eigenvalue weighted by molar-refractivity contribution is 0.687. The summed E-state index contributed by atoms with van der Waals surface area (Å²) in [6.45, 7) is 6.96. The topological polar surface area (TPSA) is 0 Å². The van der Waals surface area contributed by atoms with Crippen LogP contribution in [0.2, 0.25) is 18.1 Å². The Morgan fingerprint density at radius 3 is 1.29 bits per heavy atom. The molecular formula is C18H39Si3. The van der Waals surface area contributed by atoms with Gasteiger partial charge in [0.2, 0.25) is 0 Å². The first-order valence-corrected chi connectivity index (χ1v) is 15.8. The molecule has 0 unspecified atom stereocenters. The maximum Gasteiger partial charge on any atom is 0.0339 e. The molecule has 0 heterocycles. The summed E-state index contributed by atoms with van der Waals surface area (Å²) in [6, 6.07) is 4.74. The second kappa shape index (κ2) is 17.0. The van der Waals surface area contributed by atoms with E-state index in [0.29, 0.717) is 0 Å². The standard InChI is InChI=1S/C18H39Si3/c1-4-7-10-13-16-20(17-14-11-8-5-2)21(19)18-15-12-9-6-3/h4-18H2,1-3H3. The molecule has 21 heavy (non-hydrogen) atoms.